The van der Waals surface area contributed by atoms with E-state index in [2.05, 4.69) is 72.8 Å². The molecule has 32 nitrogen and oxygen atoms in total. The average Bonchev–Trinajstić information content (AvgIpc) is 1.87. The van der Waals surface area contributed by atoms with Crippen LogP contribution >= 0.6 is 0 Å². The van der Waals surface area contributed by atoms with Gasteiger partial charge in [0.25, 0.3) is 0 Å². The first-order chi connectivity index (χ1) is 44.3. The van der Waals surface area contributed by atoms with Gasteiger partial charge in [-0.3, -0.25) is 58.3 Å². The predicted octanol–water partition coefficient (Wildman–Crippen LogP) is -3.03. The van der Waals surface area contributed by atoms with Crippen LogP contribution in [0.15, 0.2) is 80.8 Å². The lowest BCUT2D eigenvalue weighted by molar-refractivity contribution is -0.142. The minimum Gasteiger partial charge on any atom is -0.480 e. The van der Waals surface area contributed by atoms with Crippen molar-refractivity contribution in [3.05, 3.63) is 71.9 Å². The Morgan fingerprint density at radius 3 is 1.31 bits per heavy atom. The maximum atomic E-state index is 15.0. The number of carbonyl (C=O) groups excluding carboxylic acids is 8. The summed E-state index contributed by atoms with van der Waals surface area (Å²) in [6.07, 6.45) is 4.02. The van der Waals surface area contributed by atoms with Crippen LogP contribution in [0.3, 0.4) is 0 Å². The fourth-order valence-corrected chi connectivity index (χ4v) is 10.3. The molecule has 1 saturated heterocycles. The van der Waals surface area contributed by atoms with Gasteiger partial charge in [-0.15, -0.1) is 0 Å². The summed E-state index contributed by atoms with van der Waals surface area (Å²) in [6.45, 7) is 7.75. The van der Waals surface area contributed by atoms with Crippen molar-refractivity contribution in [2.45, 2.75) is 172 Å². The van der Waals surface area contributed by atoms with Gasteiger partial charge in [0.15, 0.2) is 23.8 Å². The molecular formula is C61H98N22O10. The zero-order valence-corrected chi connectivity index (χ0v) is 53.6. The molecule has 1 aromatic heterocycles. The van der Waals surface area contributed by atoms with Gasteiger partial charge in [-0.25, -0.2) is 4.79 Å². The van der Waals surface area contributed by atoms with Crippen molar-refractivity contribution < 1.29 is 48.3 Å². The minimum absolute atomic E-state index is 0.0221. The number of guanidine groups is 4. The molecule has 32 heteroatoms. The molecule has 11 atom stereocenters. The van der Waals surface area contributed by atoms with Crippen molar-refractivity contribution in [1.82, 2.24) is 52.8 Å². The molecule has 2 heterocycles. The number of carboxylic acids is 1. The fourth-order valence-electron chi connectivity index (χ4n) is 10.3. The van der Waals surface area contributed by atoms with Crippen molar-refractivity contribution in [1.29, 1.82) is 0 Å². The van der Waals surface area contributed by atoms with Gasteiger partial charge in [0.05, 0.1) is 6.04 Å². The van der Waals surface area contributed by atoms with Crippen LogP contribution in [0.2, 0.25) is 0 Å². The van der Waals surface area contributed by atoms with Crippen LogP contribution < -0.4 is 93.7 Å². The first kappa shape index (κ1) is 75.7. The van der Waals surface area contributed by atoms with E-state index < -0.39 is 114 Å². The Balaban J connectivity index is 1.67. The van der Waals surface area contributed by atoms with Gasteiger partial charge in [0.1, 0.15) is 48.3 Å². The number of carbonyl (C=O) groups is 9. The number of rotatable bonds is 41. The summed E-state index contributed by atoms with van der Waals surface area (Å²) in [6, 6.07) is 5.19. The van der Waals surface area contributed by atoms with Crippen LogP contribution in [0.1, 0.15) is 116 Å². The lowest BCUT2D eigenvalue weighted by Crippen LogP contribution is -2.62. The molecule has 4 rings (SSSR count). The Hall–Kier alpha value is -9.75. The maximum Gasteiger partial charge on any atom is 0.326 e. The van der Waals surface area contributed by atoms with Gasteiger partial charge < -0.3 is 104 Å². The third-order valence-corrected chi connectivity index (χ3v) is 15.9. The highest BCUT2D eigenvalue weighted by molar-refractivity contribution is 5.99. The zero-order valence-electron chi connectivity index (χ0n) is 53.6. The molecule has 0 unspecified atom stereocenters. The second-order valence-electron chi connectivity index (χ2n) is 23.1. The van der Waals surface area contributed by atoms with Crippen LogP contribution in [0.5, 0.6) is 0 Å². The molecule has 0 saturated carbocycles. The van der Waals surface area contributed by atoms with E-state index >= 15 is 0 Å². The number of nitrogens with one attached hydrogen (secondary N) is 10. The molecule has 1 aliphatic heterocycles. The van der Waals surface area contributed by atoms with Crippen molar-refractivity contribution in [3.8, 4) is 0 Å². The molecule has 0 radical (unpaired) electrons. The number of nitrogens with zero attached hydrogens (tertiary/aromatic N) is 4. The molecule has 1 aliphatic rings. The first-order valence-corrected chi connectivity index (χ1v) is 31.5. The van der Waals surface area contributed by atoms with E-state index in [4.69, 9.17) is 45.9 Å². The molecule has 2 aromatic carbocycles. The Bertz CT molecular complexity index is 3060. The van der Waals surface area contributed by atoms with E-state index in [1.54, 1.807) is 33.9 Å². The molecule has 0 bridgehead atoms. The maximum absolute atomic E-state index is 15.0. The van der Waals surface area contributed by atoms with Gasteiger partial charge in [0.2, 0.25) is 47.3 Å². The summed E-state index contributed by atoms with van der Waals surface area (Å²) >= 11 is 0. The lowest BCUT2D eigenvalue weighted by Gasteiger charge is -2.31. The Morgan fingerprint density at radius 1 is 0.495 bits per heavy atom. The number of hydrogen-bond acceptors (Lipinski definition) is 14. The highest BCUT2D eigenvalue weighted by Crippen LogP contribution is 2.21. The number of carboxylic acid groups (broad SMARTS) is 1. The SMILES string of the molecule is CC[C@H](C)[C@H](NC(=O)[C@H](CCCN=C(N)N)NC(=O)[C@@H](NC(=O)[C@H](CCCN=C(N)N)NC(=O)[C@H](Cc1c[nH]c2ccccc12)NC(=O)[C@H](Cc1ccccc1)NC(=O)[C@@H]1CCCN1)[C@@H](C)CC)C(=O)N[C@@H](CCCN=C(N)N)C(=O)N[C@@H](CCCN=C(N)N)C(=O)O. The average molecular weight is 1300 g/mol. The largest absolute Gasteiger partial charge is 0.480 e. The molecule has 8 amide bonds. The number of aromatic amines is 1. The van der Waals surface area contributed by atoms with Gasteiger partial charge in [-0.2, -0.15) is 0 Å². The second-order valence-corrected chi connectivity index (χ2v) is 23.1. The topological polar surface area (TPSA) is 556 Å². The van der Waals surface area contributed by atoms with Gasteiger partial charge in [-0.05, 0) is 99.8 Å². The predicted molar refractivity (Wildman–Crippen MR) is 355 cm³/mol. The van der Waals surface area contributed by atoms with E-state index in [0.29, 0.717) is 31.4 Å². The minimum atomic E-state index is -1.41. The van der Waals surface area contributed by atoms with E-state index in [0.717, 1.165) is 22.9 Å². The quantitative estimate of drug-likeness (QED) is 0.0153. The first-order valence-electron chi connectivity index (χ1n) is 31.5. The standard InChI is InChI=1S/C61H98N22O10/c1-5-34(3)47(55(90)77-41(22-13-27-71-58(62)63)50(85)79-44(57(92)93)25-16-30-74-61(68)69)83-52(87)43(24-15-29-73-60(66)67)78-56(91)48(35(4)6-2)82-51(86)42(23-14-28-72-59(64)65)76-54(89)46(32-37-33-75-39-20-11-10-19-38(37)39)81-53(88)45(31-36-17-8-7-9-18-36)80-49(84)40-21-12-26-70-40/h7-11,17-20,33-35,40-48,70,75H,5-6,12-16,21-32H2,1-4H3,(H,76,89)(H,77,90)(H,78,91)(H,79,85)(H,80,84)(H,81,88)(H,82,86)(H,83,87)(H,92,93)(H4,62,63,71)(H4,64,65,72)(H4,66,67,73)(H4,68,69,74)/t34-,35-,40-,41-,42-,43-,44-,45-,46-,47-,48-/m0/s1. The van der Waals surface area contributed by atoms with E-state index in [-0.39, 0.29) is 120 Å². The van der Waals surface area contributed by atoms with Crippen LogP contribution in [-0.2, 0) is 56.0 Å². The number of H-pyrrole nitrogens is 1. The number of benzene rings is 2. The molecule has 27 N–H and O–H groups in total. The molecule has 1 fully saturated rings. The van der Waals surface area contributed by atoms with Crippen molar-refractivity contribution in [2.24, 2.45) is 77.7 Å². The Labute approximate surface area is 541 Å². The Kier molecular flexibility index (Phi) is 32.2. The normalized spacial score (nSPS) is 15.8. The number of fused-ring (bicyclic) bond motifs is 1. The molecular weight excluding hydrogens is 1200 g/mol. The third kappa shape index (κ3) is 26.5. The molecule has 3 aromatic rings. The number of nitrogens with two attached hydrogens (primary N) is 8. The van der Waals surface area contributed by atoms with Crippen LogP contribution in [0.25, 0.3) is 10.9 Å². The lowest BCUT2D eigenvalue weighted by atomic mass is 9.95. The van der Waals surface area contributed by atoms with Gasteiger partial charge >= 0.3 is 5.97 Å². The number of para-hydroxylation sites is 1. The monoisotopic (exact) mass is 1300 g/mol. The van der Waals surface area contributed by atoms with Crippen LogP contribution in [0, 0.1) is 11.8 Å². The summed E-state index contributed by atoms with van der Waals surface area (Å²) in [5, 5.41) is 36.0. The second kappa shape index (κ2) is 39.5. The summed E-state index contributed by atoms with van der Waals surface area (Å²) in [5.74, 6) is -9.39. The van der Waals surface area contributed by atoms with E-state index in [1.165, 1.54) is 0 Å². The van der Waals surface area contributed by atoms with Crippen LogP contribution in [0.4, 0.5) is 0 Å². The smallest absolute Gasteiger partial charge is 0.326 e. The van der Waals surface area contributed by atoms with E-state index in [9.17, 15) is 48.3 Å². The highest BCUT2D eigenvalue weighted by atomic mass is 16.4. The fraction of sp³-hybridized carbons (Fsp3) is 0.557. The van der Waals surface area contributed by atoms with E-state index in [1.807, 2.05) is 54.6 Å². The number of amides is 8. The number of aromatic nitrogens is 1. The number of hydrogen-bond donors (Lipinski definition) is 19. The number of aliphatic carboxylic acids is 1. The van der Waals surface area contributed by atoms with Gasteiger partial charge in [-0.1, -0.05) is 89.1 Å². The van der Waals surface area contributed by atoms with Crippen molar-refractivity contribution >= 4 is 88.0 Å². The highest BCUT2D eigenvalue weighted by Gasteiger charge is 2.38. The van der Waals surface area contributed by atoms with Crippen LogP contribution in [-0.4, -0.2) is 174 Å². The summed E-state index contributed by atoms with van der Waals surface area (Å²) in [4.78, 5) is 147. The molecule has 512 valence electrons. The molecule has 93 heavy (non-hydrogen) atoms. The number of aliphatic imine (C=N–C) groups is 4. The summed E-state index contributed by atoms with van der Waals surface area (Å²) in [7, 11) is 0. The molecule has 0 aliphatic carbocycles. The summed E-state index contributed by atoms with van der Waals surface area (Å²) < 4.78 is 0. The van der Waals surface area contributed by atoms with Crippen molar-refractivity contribution in [3.63, 3.8) is 0 Å². The zero-order chi connectivity index (χ0) is 68.6. The Morgan fingerprint density at radius 2 is 0.882 bits per heavy atom. The summed E-state index contributed by atoms with van der Waals surface area (Å²) in [5.41, 5.74) is 46.5. The molecule has 0 spiro atoms. The van der Waals surface area contributed by atoms with Gasteiger partial charge in [0, 0.05) is 56.1 Å². The third-order valence-electron chi connectivity index (χ3n) is 15.9. The van der Waals surface area contributed by atoms with Crippen molar-refractivity contribution in [2.75, 3.05) is 32.7 Å².